The molecule has 6 nitrogen and oxygen atoms in total. The molecule has 0 aliphatic heterocycles. The summed E-state index contributed by atoms with van der Waals surface area (Å²) in [7, 11) is -3.99. The monoisotopic (exact) mass is 483 g/mol. The second-order valence-electron chi connectivity index (χ2n) is 7.85. The van der Waals surface area contributed by atoms with Gasteiger partial charge < -0.3 is 0 Å². The zero-order valence-electron chi connectivity index (χ0n) is 19.0. The van der Waals surface area contributed by atoms with Crippen LogP contribution in [0.2, 0.25) is 5.02 Å². The van der Waals surface area contributed by atoms with E-state index in [0.717, 1.165) is 26.6 Å². The number of halogens is 1. The highest BCUT2D eigenvalue weighted by Gasteiger charge is 2.28. The standard InChI is InChI=1S/C25H26ClN3O3S/c1-17-6-13-23(14-7-17)33(31,32)29(24-15-18(2)5-8-19(24)3)16-25(30)28-27-20(4)21-9-11-22(26)12-10-21/h5-15H,16H2,1-4H3,(H,28,30)/b27-20-. The van der Waals surface area contributed by atoms with Gasteiger partial charge >= 0.3 is 0 Å². The van der Waals surface area contributed by atoms with Gasteiger partial charge in [0.2, 0.25) is 0 Å². The Bertz CT molecular complexity index is 1290. The van der Waals surface area contributed by atoms with Crippen molar-refractivity contribution in [3.8, 4) is 0 Å². The maximum atomic E-state index is 13.5. The Morgan fingerprint density at radius 3 is 2.18 bits per heavy atom. The lowest BCUT2D eigenvalue weighted by Gasteiger charge is -2.25. The largest absolute Gasteiger partial charge is 0.271 e. The van der Waals surface area contributed by atoms with Crippen LogP contribution in [0.25, 0.3) is 0 Å². The molecule has 0 unspecified atom stereocenters. The van der Waals surface area contributed by atoms with Gasteiger partial charge in [-0.25, -0.2) is 13.8 Å². The van der Waals surface area contributed by atoms with Gasteiger partial charge in [0.25, 0.3) is 15.9 Å². The van der Waals surface area contributed by atoms with Crippen molar-refractivity contribution in [2.24, 2.45) is 5.10 Å². The van der Waals surface area contributed by atoms with Gasteiger partial charge in [0.1, 0.15) is 6.54 Å². The minimum atomic E-state index is -3.99. The molecule has 1 amide bonds. The Morgan fingerprint density at radius 2 is 1.55 bits per heavy atom. The van der Waals surface area contributed by atoms with Gasteiger partial charge in [-0.1, -0.05) is 53.6 Å². The second kappa shape index (κ2) is 10.2. The van der Waals surface area contributed by atoms with E-state index >= 15 is 0 Å². The normalized spacial score (nSPS) is 11.8. The van der Waals surface area contributed by atoms with Gasteiger partial charge in [0.15, 0.2) is 0 Å². The number of nitrogens with one attached hydrogen (secondary N) is 1. The van der Waals surface area contributed by atoms with E-state index in [0.29, 0.717) is 16.4 Å². The lowest BCUT2D eigenvalue weighted by atomic mass is 10.1. The topological polar surface area (TPSA) is 78.8 Å². The molecule has 172 valence electrons. The summed E-state index contributed by atoms with van der Waals surface area (Å²) < 4.78 is 28.2. The van der Waals surface area contributed by atoms with Crippen LogP contribution in [-0.2, 0) is 14.8 Å². The third kappa shape index (κ3) is 6.00. The number of hydrogen-bond donors (Lipinski definition) is 1. The molecule has 3 aromatic rings. The molecule has 0 aliphatic rings. The van der Waals surface area contributed by atoms with Gasteiger partial charge in [-0.05, 0) is 74.7 Å². The number of benzene rings is 3. The van der Waals surface area contributed by atoms with Crippen molar-refractivity contribution in [1.29, 1.82) is 0 Å². The predicted molar refractivity (Wildman–Crippen MR) is 133 cm³/mol. The quantitative estimate of drug-likeness (QED) is 0.379. The van der Waals surface area contributed by atoms with E-state index in [-0.39, 0.29) is 4.90 Å². The Labute approximate surface area is 200 Å². The molecule has 0 fully saturated rings. The smallest absolute Gasteiger partial charge is 0.264 e. The van der Waals surface area contributed by atoms with E-state index in [4.69, 9.17) is 11.6 Å². The minimum Gasteiger partial charge on any atom is -0.271 e. The molecule has 8 heteroatoms. The van der Waals surface area contributed by atoms with Gasteiger partial charge in [-0.15, -0.1) is 0 Å². The van der Waals surface area contributed by atoms with Crippen molar-refractivity contribution >= 4 is 38.9 Å². The van der Waals surface area contributed by atoms with Gasteiger partial charge in [0, 0.05) is 5.02 Å². The number of anilines is 1. The minimum absolute atomic E-state index is 0.114. The summed E-state index contributed by atoms with van der Waals surface area (Å²) in [5.41, 5.74) is 6.85. The maximum absolute atomic E-state index is 13.5. The van der Waals surface area contributed by atoms with E-state index in [1.807, 2.05) is 32.9 Å². The number of hydrogen-bond acceptors (Lipinski definition) is 4. The molecule has 3 rings (SSSR count). The zero-order valence-corrected chi connectivity index (χ0v) is 20.5. The first-order valence-corrected chi connectivity index (χ1v) is 12.2. The summed E-state index contributed by atoms with van der Waals surface area (Å²) in [5, 5.41) is 4.73. The summed E-state index contributed by atoms with van der Waals surface area (Å²) in [6.45, 7) is 6.90. The molecular formula is C25H26ClN3O3S. The van der Waals surface area contributed by atoms with E-state index in [1.54, 1.807) is 61.5 Å². The summed E-state index contributed by atoms with van der Waals surface area (Å²) in [6.07, 6.45) is 0. The van der Waals surface area contributed by atoms with Crippen molar-refractivity contribution in [3.63, 3.8) is 0 Å². The summed E-state index contributed by atoms with van der Waals surface area (Å²) >= 11 is 5.91. The van der Waals surface area contributed by atoms with Crippen LogP contribution in [0.4, 0.5) is 5.69 Å². The van der Waals surface area contributed by atoms with Crippen molar-refractivity contribution in [3.05, 3.63) is 94.0 Å². The zero-order chi connectivity index (χ0) is 24.2. The predicted octanol–water partition coefficient (Wildman–Crippen LogP) is 5.00. The highest BCUT2D eigenvalue weighted by molar-refractivity contribution is 7.92. The van der Waals surface area contributed by atoms with Crippen molar-refractivity contribution in [2.75, 3.05) is 10.8 Å². The molecular weight excluding hydrogens is 458 g/mol. The van der Waals surface area contributed by atoms with Crippen LogP contribution in [0.1, 0.15) is 29.2 Å². The van der Waals surface area contributed by atoms with Crippen LogP contribution in [0.15, 0.2) is 76.7 Å². The number of sulfonamides is 1. The first-order chi connectivity index (χ1) is 15.6. The summed E-state index contributed by atoms with van der Waals surface area (Å²) in [6, 6.07) is 19.1. The Kier molecular flexibility index (Phi) is 7.56. The molecule has 0 saturated heterocycles. The molecule has 3 aromatic carbocycles. The SMILES string of the molecule is C/C(=N/NC(=O)CN(c1cc(C)ccc1C)S(=O)(=O)c1ccc(C)cc1)c1ccc(Cl)cc1. The first kappa shape index (κ1) is 24.5. The van der Waals surface area contributed by atoms with Gasteiger partial charge in [-0.3, -0.25) is 9.10 Å². The molecule has 0 spiro atoms. The molecule has 1 N–H and O–H groups in total. The molecule has 0 bridgehead atoms. The molecule has 0 radical (unpaired) electrons. The fourth-order valence-corrected chi connectivity index (χ4v) is 4.80. The van der Waals surface area contributed by atoms with Crippen LogP contribution in [0.3, 0.4) is 0 Å². The van der Waals surface area contributed by atoms with Gasteiger partial charge in [-0.2, -0.15) is 5.10 Å². The van der Waals surface area contributed by atoms with Crippen molar-refractivity contribution < 1.29 is 13.2 Å². The Morgan fingerprint density at radius 1 is 0.939 bits per heavy atom. The van der Waals surface area contributed by atoms with Crippen molar-refractivity contribution in [2.45, 2.75) is 32.6 Å². The summed E-state index contributed by atoms with van der Waals surface area (Å²) in [5.74, 6) is -0.556. The highest BCUT2D eigenvalue weighted by Crippen LogP contribution is 2.28. The van der Waals surface area contributed by atoms with E-state index in [1.165, 1.54) is 0 Å². The lowest BCUT2D eigenvalue weighted by Crippen LogP contribution is -2.40. The highest BCUT2D eigenvalue weighted by atomic mass is 35.5. The number of aryl methyl sites for hydroxylation is 3. The third-order valence-corrected chi connectivity index (χ3v) is 7.17. The Balaban J connectivity index is 1.92. The number of carbonyl (C=O) groups is 1. The lowest BCUT2D eigenvalue weighted by molar-refractivity contribution is -0.119. The average Bonchev–Trinajstić information content (AvgIpc) is 2.78. The number of carbonyl (C=O) groups excluding carboxylic acids is 1. The van der Waals surface area contributed by atoms with Crippen LogP contribution in [0, 0.1) is 20.8 Å². The van der Waals surface area contributed by atoms with E-state index < -0.39 is 22.5 Å². The maximum Gasteiger partial charge on any atom is 0.264 e. The van der Waals surface area contributed by atoms with Crippen LogP contribution in [-0.4, -0.2) is 26.6 Å². The van der Waals surface area contributed by atoms with E-state index in [2.05, 4.69) is 10.5 Å². The molecule has 33 heavy (non-hydrogen) atoms. The van der Waals surface area contributed by atoms with Crippen LogP contribution < -0.4 is 9.73 Å². The van der Waals surface area contributed by atoms with Crippen molar-refractivity contribution in [1.82, 2.24) is 5.43 Å². The van der Waals surface area contributed by atoms with Gasteiger partial charge in [0.05, 0.1) is 16.3 Å². The fraction of sp³-hybridized carbons (Fsp3) is 0.200. The molecule has 0 aromatic heterocycles. The van der Waals surface area contributed by atoms with Crippen LogP contribution in [0.5, 0.6) is 0 Å². The second-order valence-corrected chi connectivity index (χ2v) is 10.2. The van der Waals surface area contributed by atoms with Crippen LogP contribution >= 0.6 is 11.6 Å². The third-order valence-electron chi connectivity index (χ3n) is 5.14. The number of nitrogens with zero attached hydrogens (tertiary/aromatic N) is 2. The number of rotatable bonds is 7. The Hall–Kier alpha value is -3.16. The van der Waals surface area contributed by atoms with E-state index in [9.17, 15) is 13.2 Å². The molecule has 0 heterocycles. The molecule has 0 aliphatic carbocycles. The molecule has 0 atom stereocenters. The number of hydrazone groups is 1. The molecule has 0 saturated carbocycles. The average molecular weight is 484 g/mol. The fourth-order valence-electron chi connectivity index (χ4n) is 3.19. The first-order valence-electron chi connectivity index (χ1n) is 10.3. The summed E-state index contributed by atoms with van der Waals surface area (Å²) in [4.78, 5) is 12.9. The number of amides is 1.